The molecule has 0 unspecified atom stereocenters. The van der Waals surface area contributed by atoms with Crippen molar-refractivity contribution in [2.24, 2.45) is 7.05 Å². The summed E-state index contributed by atoms with van der Waals surface area (Å²) in [5.41, 5.74) is 1.65. The first-order valence-corrected chi connectivity index (χ1v) is 4.34. The van der Waals surface area contributed by atoms with Crippen molar-refractivity contribution in [3.63, 3.8) is 0 Å². The number of rotatable bonds is 0. The Labute approximate surface area is 77.0 Å². The number of aromatic nitrogens is 2. The molecule has 3 heteroatoms. The van der Waals surface area contributed by atoms with Gasteiger partial charge in [-0.2, -0.15) is 0 Å². The first kappa shape index (κ1) is 9.71. The van der Waals surface area contributed by atoms with Crippen LogP contribution < -0.4 is 0 Å². The lowest BCUT2D eigenvalue weighted by atomic mass is 10.3. The maximum absolute atomic E-state index is 12.6. The van der Waals surface area contributed by atoms with Crippen molar-refractivity contribution >= 4 is 11.0 Å². The second-order valence-electron chi connectivity index (χ2n) is 2.49. The Morgan fingerprint density at radius 3 is 2.69 bits per heavy atom. The predicted octanol–water partition coefficient (Wildman–Crippen LogP) is 2.74. The van der Waals surface area contributed by atoms with E-state index in [1.54, 1.807) is 12.4 Å². The number of hydrogen-bond donors (Lipinski definition) is 0. The molecule has 1 aromatic carbocycles. The Bertz CT molecular complexity index is 393. The summed E-state index contributed by atoms with van der Waals surface area (Å²) < 4.78 is 14.5. The summed E-state index contributed by atoms with van der Waals surface area (Å²) in [5, 5.41) is 0. The Morgan fingerprint density at radius 1 is 1.31 bits per heavy atom. The standard InChI is InChI=1S/C8H7FN2.C2H6/c1-11-5-10-7-4-6(9)2-3-8(7)11;1-2/h2-5H,1H3;1-2H3. The van der Waals surface area contributed by atoms with Crippen LogP contribution in [0.4, 0.5) is 4.39 Å². The van der Waals surface area contributed by atoms with E-state index < -0.39 is 0 Å². The van der Waals surface area contributed by atoms with Gasteiger partial charge in [-0.15, -0.1) is 0 Å². The number of imidazole rings is 1. The molecule has 0 amide bonds. The Hall–Kier alpha value is -1.38. The highest BCUT2D eigenvalue weighted by molar-refractivity contribution is 5.74. The quantitative estimate of drug-likeness (QED) is 0.609. The van der Waals surface area contributed by atoms with Gasteiger partial charge in [0.15, 0.2) is 0 Å². The van der Waals surface area contributed by atoms with Crippen molar-refractivity contribution < 1.29 is 4.39 Å². The molecule has 13 heavy (non-hydrogen) atoms. The molecule has 1 aromatic heterocycles. The molecule has 0 radical (unpaired) electrons. The molecule has 0 saturated heterocycles. The molecule has 0 aliphatic heterocycles. The number of aryl methyl sites for hydroxylation is 1. The zero-order valence-electron chi connectivity index (χ0n) is 8.08. The Kier molecular flexibility index (Phi) is 3.01. The van der Waals surface area contributed by atoms with Crippen LogP contribution in [0.2, 0.25) is 0 Å². The first-order valence-electron chi connectivity index (χ1n) is 4.34. The van der Waals surface area contributed by atoms with Gasteiger partial charge in [0.2, 0.25) is 0 Å². The van der Waals surface area contributed by atoms with Crippen LogP contribution in [-0.2, 0) is 7.05 Å². The first-order chi connectivity index (χ1) is 6.27. The van der Waals surface area contributed by atoms with E-state index in [1.165, 1.54) is 12.1 Å². The molecule has 2 rings (SSSR count). The highest BCUT2D eigenvalue weighted by Crippen LogP contribution is 2.11. The van der Waals surface area contributed by atoms with Crippen LogP contribution in [0.15, 0.2) is 24.5 Å². The van der Waals surface area contributed by atoms with Gasteiger partial charge >= 0.3 is 0 Å². The third-order valence-electron chi connectivity index (χ3n) is 1.69. The lowest BCUT2D eigenvalue weighted by Crippen LogP contribution is -1.83. The third kappa shape index (κ3) is 1.86. The fraction of sp³-hybridized carbons (Fsp3) is 0.300. The molecule has 0 saturated carbocycles. The SMILES string of the molecule is CC.Cn1cnc2cc(F)ccc21. The molecule has 0 fully saturated rings. The number of benzene rings is 1. The number of fused-ring (bicyclic) bond motifs is 1. The fourth-order valence-electron chi connectivity index (χ4n) is 1.11. The maximum atomic E-state index is 12.6. The van der Waals surface area contributed by atoms with Crippen molar-refractivity contribution in [3.8, 4) is 0 Å². The van der Waals surface area contributed by atoms with Crippen LogP contribution in [0.1, 0.15) is 13.8 Å². The molecule has 70 valence electrons. The molecule has 0 spiro atoms. The van der Waals surface area contributed by atoms with E-state index in [0.29, 0.717) is 5.52 Å². The van der Waals surface area contributed by atoms with E-state index in [9.17, 15) is 4.39 Å². The second kappa shape index (κ2) is 4.03. The van der Waals surface area contributed by atoms with Gasteiger partial charge in [0.05, 0.1) is 17.4 Å². The average Bonchev–Trinajstić information content (AvgIpc) is 2.51. The fourth-order valence-corrected chi connectivity index (χ4v) is 1.11. The summed E-state index contributed by atoms with van der Waals surface area (Å²) in [4.78, 5) is 4.00. The summed E-state index contributed by atoms with van der Waals surface area (Å²) >= 11 is 0. The van der Waals surface area contributed by atoms with Crippen molar-refractivity contribution in [2.75, 3.05) is 0 Å². The van der Waals surface area contributed by atoms with Gasteiger partial charge in [-0.3, -0.25) is 0 Å². The molecular weight excluding hydrogens is 167 g/mol. The lowest BCUT2D eigenvalue weighted by Gasteiger charge is -1.92. The minimum absolute atomic E-state index is 0.240. The highest BCUT2D eigenvalue weighted by atomic mass is 19.1. The highest BCUT2D eigenvalue weighted by Gasteiger charge is 1.98. The smallest absolute Gasteiger partial charge is 0.125 e. The van der Waals surface area contributed by atoms with Gasteiger partial charge in [0, 0.05) is 13.1 Å². The van der Waals surface area contributed by atoms with Crippen molar-refractivity contribution in [1.82, 2.24) is 9.55 Å². The van der Waals surface area contributed by atoms with Crippen LogP contribution in [-0.4, -0.2) is 9.55 Å². The predicted molar refractivity (Wildman–Crippen MR) is 52.0 cm³/mol. The Morgan fingerprint density at radius 2 is 2.00 bits per heavy atom. The molecule has 0 aliphatic carbocycles. The molecule has 0 N–H and O–H groups in total. The summed E-state index contributed by atoms with van der Waals surface area (Å²) in [6.07, 6.45) is 1.67. The summed E-state index contributed by atoms with van der Waals surface area (Å²) in [7, 11) is 1.88. The molecular formula is C10H13FN2. The number of halogens is 1. The van der Waals surface area contributed by atoms with Gasteiger partial charge in [0.25, 0.3) is 0 Å². The number of hydrogen-bond acceptors (Lipinski definition) is 1. The molecule has 0 atom stereocenters. The third-order valence-corrected chi connectivity index (χ3v) is 1.69. The van der Waals surface area contributed by atoms with Gasteiger partial charge in [-0.25, -0.2) is 9.37 Å². The van der Waals surface area contributed by atoms with Crippen molar-refractivity contribution in [1.29, 1.82) is 0 Å². The van der Waals surface area contributed by atoms with Crippen LogP contribution in [0, 0.1) is 5.82 Å². The van der Waals surface area contributed by atoms with Gasteiger partial charge < -0.3 is 4.57 Å². The zero-order valence-corrected chi connectivity index (χ0v) is 8.08. The van der Waals surface area contributed by atoms with Gasteiger partial charge in [-0.1, -0.05) is 13.8 Å². The molecule has 0 bridgehead atoms. The van der Waals surface area contributed by atoms with E-state index in [4.69, 9.17) is 0 Å². The van der Waals surface area contributed by atoms with Gasteiger partial charge in [-0.05, 0) is 12.1 Å². The minimum atomic E-state index is -0.240. The van der Waals surface area contributed by atoms with E-state index in [0.717, 1.165) is 5.52 Å². The average molecular weight is 180 g/mol. The van der Waals surface area contributed by atoms with E-state index >= 15 is 0 Å². The van der Waals surface area contributed by atoms with E-state index in [1.807, 2.05) is 25.5 Å². The van der Waals surface area contributed by atoms with Crippen LogP contribution >= 0.6 is 0 Å². The molecule has 2 aromatic rings. The van der Waals surface area contributed by atoms with E-state index in [-0.39, 0.29) is 5.82 Å². The number of nitrogens with zero attached hydrogens (tertiary/aromatic N) is 2. The second-order valence-corrected chi connectivity index (χ2v) is 2.49. The van der Waals surface area contributed by atoms with E-state index in [2.05, 4.69) is 4.98 Å². The largest absolute Gasteiger partial charge is 0.334 e. The summed E-state index contributed by atoms with van der Waals surface area (Å²) in [6, 6.07) is 4.58. The van der Waals surface area contributed by atoms with Crippen LogP contribution in [0.5, 0.6) is 0 Å². The molecule has 1 heterocycles. The minimum Gasteiger partial charge on any atom is -0.334 e. The van der Waals surface area contributed by atoms with Gasteiger partial charge in [0.1, 0.15) is 5.82 Å². The monoisotopic (exact) mass is 180 g/mol. The molecule has 2 nitrogen and oxygen atoms in total. The summed E-state index contributed by atoms with van der Waals surface area (Å²) in [5.74, 6) is -0.240. The normalized spacial score (nSPS) is 9.54. The van der Waals surface area contributed by atoms with Crippen LogP contribution in [0.25, 0.3) is 11.0 Å². The maximum Gasteiger partial charge on any atom is 0.125 e. The Balaban J connectivity index is 0.000000396. The summed E-state index contributed by atoms with van der Waals surface area (Å²) in [6.45, 7) is 4.00. The zero-order chi connectivity index (χ0) is 9.84. The molecule has 0 aliphatic rings. The lowest BCUT2D eigenvalue weighted by molar-refractivity contribution is 0.629. The van der Waals surface area contributed by atoms with Crippen LogP contribution in [0.3, 0.4) is 0 Å². The topological polar surface area (TPSA) is 17.8 Å². The van der Waals surface area contributed by atoms with Crippen molar-refractivity contribution in [3.05, 3.63) is 30.3 Å². The van der Waals surface area contributed by atoms with Crippen molar-refractivity contribution in [2.45, 2.75) is 13.8 Å².